The topological polar surface area (TPSA) is 60.9 Å². The van der Waals surface area contributed by atoms with Crippen molar-refractivity contribution in [2.45, 2.75) is 0 Å². The molecular formula is C18H20N2O3. The number of rotatable bonds is 5. The van der Waals surface area contributed by atoms with Crippen molar-refractivity contribution in [1.82, 2.24) is 0 Å². The number of carbonyl (C=O) groups excluding carboxylic acids is 1. The van der Waals surface area contributed by atoms with Gasteiger partial charge in [-0.1, -0.05) is 18.2 Å². The van der Waals surface area contributed by atoms with Crippen LogP contribution in [0.5, 0.6) is 0 Å². The monoisotopic (exact) mass is 312 g/mol. The zero-order valence-corrected chi connectivity index (χ0v) is 13.7. The van der Waals surface area contributed by atoms with Crippen LogP contribution in [-0.2, 0) is 0 Å². The average Bonchev–Trinajstić information content (AvgIpc) is 2.53. The second kappa shape index (κ2) is 6.52. The van der Waals surface area contributed by atoms with Gasteiger partial charge in [0.2, 0.25) is 0 Å². The summed E-state index contributed by atoms with van der Waals surface area (Å²) in [4.78, 5) is 28.0. The summed E-state index contributed by atoms with van der Waals surface area (Å²) in [5.74, 6) is -1.40. The van der Waals surface area contributed by atoms with Gasteiger partial charge in [-0.05, 0) is 24.3 Å². The summed E-state index contributed by atoms with van der Waals surface area (Å²) < 4.78 is 0. The lowest BCUT2D eigenvalue weighted by atomic mass is 9.96. The Morgan fingerprint density at radius 2 is 1.43 bits per heavy atom. The zero-order chi connectivity index (χ0) is 17.1. The van der Waals surface area contributed by atoms with Crippen LogP contribution < -0.4 is 9.80 Å². The maximum Gasteiger partial charge on any atom is 0.336 e. The maximum absolute atomic E-state index is 12.9. The molecular weight excluding hydrogens is 292 g/mol. The van der Waals surface area contributed by atoms with Gasteiger partial charge in [0.25, 0.3) is 0 Å². The van der Waals surface area contributed by atoms with E-state index in [1.807, 2.05) is 50.1 Å². The van der Waals surface area contributed by atoms with E-state index in [2.05, 4.69) is 0 Å². The average molecular weight is 312 g/mol. The molecule has 0 fully saturated rings. The Kier molecular flexibility index (Phi) is 4.69. The lowest BCUT2D eigenvalue weighted by Crippen LogP contribution is -2.18. The van der Waals surface area contributed by atoms with E-state index < -0.39 is 5.97 Å². The van der Waals surface area contributed by atoms with Gasteiger partial charge in [0.05, 0.1) is 5.56 Å². The number of hydrogen-bond donors (Lipinski definition) is 1. The number of nitrogens with zero attached hydrogens (tertiary/aromatic N) is 2. The van der Waals surface area contributed by atoms with Crippen molar-refractivity contribution in [1.29, 1.82) is 0 Å². The molecule has 0 radical (unpaired) electrons. The van der Waals surface area contributed by atoms with Crippen molar-refractivity contribution < 1.29 is 14.7 Å². The number of carbonyl (C=O) groups is 2. The number of hydrogen-bond acceptors (Lipinski definition) is 4. The largest absolute Gasteiger partial charge is 0.478 e. The summed E-state index contributed by atoms with van der Waals surface area (Å²) >= 11 is 0. The van der Waals surface area contributed by atoms with Crippen LogP contribution in [0.3, 0.4) is 0 Å². The van der Waals surface area contributed by atoms with Gasteiger partial charge < -0.3 is 14.9 Å². The quantitative estimate of drug-likeness (QED) is 0.860. The minimum atomic E-state index is -1.11. The molecule has 2 rings (SSSR count). The van der Waals surface area contributed by atoms with Gasteiger partial charge >= 0.3 is 5.97 Å². The van der Waals surface area contributed by atoms with E-state index in [1.165, 1.54) is 6.07 Å². The van der Waals surface area contributed by atoms with E-state index in [0.29, 0.717) is 5.56 Å². The van der Waals surface area contributed by atoms with Gasteiger partial charge in [-0.3, -0.25) is 4.79 Å². The minimum absolute atomic E-state index is 0.0129. The van der Waals surface area contributed by atoms with Crippen LogP contribution in [0, 0.1) is 0 Å². The summed E-state index contributed by atoms with van der Waals surface area (Å²) in [6.07, 6.45) is 0. The van der Waals surface area contributed by atoms with Gasteiger partial charge in [-0.15, -0.1) is 0 Å². The highest BCUT2D eigenvalue weighted by atomic mass is 16.4. The molecule has 0 saturated carbocycles. The van der Waals surface area contributed by atoms with E-state index in [-0.39, 0.29) is 16.9 Å². The van der Waals surface area contributed by atoms with Crippen LogP contribution in [-0.4, -0.2) is 45.0 Å². The molecule has 0 aliphatic carbocycles. The number of carboxylic acid groups (broad SMARTS) is 1. The highest BCUT2D eigenvalue weighted by Crippen LogP contribution is 2.27. The van der Waals surface area contributed by atoms with Crippen molar-refractivity contribution in [3.05, 3.63) is 59.2 Å². The van der Waals surface area contributed by atoms with Gasteiger partial charge in [-0.2, -0.15) is 0 Å². The van der Waals surface area contributed by atoms with Gasteiger partial charge in [0.1, 0.15) is 0 Å². The van der Waals surface area contributed by atoms with E-state index >= 15 is 0 Å². The molecule has 0 spiro atoms. The molecule has 0 heterocycles. The van der Waals surface area contributed by atoms with Crippen molar-refractivity contribution in [3.63, 3.8) is 0 Å². The van der Waals surface area contributed by atoms with Gasteiger partial charge in [0.15, 0.2) is 5.78 Å². The molecule has 0 unspecified atom stereocenters. The second-order valence-electron chi connectivity index (χ2n) is 5.67. The summed E-state index contributed by atoms with van der Waals surface area (Å²) in [6, 6.07) is 11.8. The van der Waals surface area contributed by atoms with E-state index in [4.69, 9.17) is 0 Å². The molecule has 5 heteroatoms. The fourth-order valence-corrected chi connectivity index (χ4v) is 2.37. The van der Waals surface area contributed by atoms with E-state index in [0.717, 1.165) is 11.4 Å². The highest BCUT2D eigenvalue weighted by Gasteiger charge is 2.21. The van der Waals surface area contributed by atoms with Crippen molar-refractivity contribution >= 4 is 23.1 Å². The predicted octanol–water partition coefficient (Wildman–Crippen LogP) is 2.75. The first kappa shape index (κ1) is 16.5. The Hall–Kier alpha value is -2.82. The standard InChI is InChI=1S/C18H20N2O3/c1-19(2)12-9-10-15(16(11-12)20(3)4)17(21)13-7-5-6-8-14(13)18(22)23/h5-11H,1-4H3,(H,22,23). The molecule has 2 aromatic carbocycles. The summed E-state index contributed by atoms with van der Waals surface area (Å²) in [5, 5.41) is 9.29. The fraction of sp³-hybridized carbons (Fsp3) is 0.222. The summed E-state index contributed by atoms with van der Waals surface area (Å²) in [7, 11) is 7.56. The fourth-order valence-electron chi connectivity index (χ4n) is 2.37. The Balaban J connectivity index is 2.58. The molecule has 0 aliphatic heterocycles. The number of carboxylic acids is 1. The smallest absolute Gasteiger partial charge is 0.336 e. The normalized spacial score (nSPS) is 10.3. The van der Waals surface area contributed by atoms with Crippen molar-refractivity contribution in [2.24, 2.45) is 0 Å². The minimum Gasteiger partial charge on any atom is -0.478 e. The molecule has 120 valence electrons. The molecule has 5 nitrogen and oxygen atoms in total. The van der Waals surface area contributed by atoms with Crippen LogP contribution in [0.2, 0.25) is 0 Å². The molecule has 0 bridgehead atoms. The number of aromatic carboxylic acids is 1. The van der Waals surface area contributed by atoms with Crippen LogP contribution in [0.15, 0.2) is 42.5 Å². The second-order valence-corrected chi connectivity index (χ2v) is 5.67. The van der Waals surface area contributed by atoms with Crippen molar-refractivity contribution in [2.75, 3.05) is 38.0 Å². The first-order valence-corrected chi connectivity index (χ1v) is 7.18. The Labute approximate surface area is 135 Å². The van der Waals surface area contributed by atoms with E-state index in [1.54, 1.807) is 24.3 Å². The first-order chi connectivity index (χ1) is 10.8. The first-order valence-electron chi connectivity index (χ1n) is 7.18. The molecule has 0 saturated heterocycles. The van der Waals surface area contributed by atoms with Crippen LogP contribution in [0.25, 0.3) is 0 Å². The third-order valence-electron chi connectivity index (χ3n) is 3.63. The third-order valence-corrected chi connectivity index (χ3v) is 3.63. The van der Waals surface area contributed by atoms with Gasteiger partial charge in [-0.25, -0.2) is 4.79 Å². The molecule has 0 atom stereocenters. The molecule has 1 N–H and O–H groups in total. The molecule has 0 aliphatic rings. The highest BCUT2D eigenvalue weighted by molar-refractivity contribution is 6.16. The lowest BCUT2D eigenvalue weighted by Gasteiger charge is -2.21. The van der Waals surface area contributed by atoms with Crippen molar-refractivity contribution in [3.8, 4) is 0 Å². The predicted molar refractivity (Wildman–Crippen MR) is 91.9 cm³/mol. The lowest BCUT2D eigenvalue weighted by molar-refractivity contribution is 0.0693. The molecule has 0 amide bonds. The van der Waals surface area contributed by atoms with Crippen LogP contribution in [0.4, 0.5) is 11.4 Å². The Morgan fingerprint density at radius 1 is 0.826 bits per heavy atom. The maximum atomic E-state index is 12.9. The number of benzene rings is 2. The summed E-state index contributed by atoms with van der Waals surface area (Å²) in [6.45, 7) is 0. The molecule has 23 heavy (non-hydrogen) atoms. The van der Waals surface area contributed by atoms with Crippen LogP contribution >= 0.6 is 0 Å². The Bertz CT molecular complexity index is 752. The summed E-state index contributed by atoms with van der Waals surface area (Å²) in [5.41, 5.74) is 2.41. The van der Waals surface area contributed by atoms with Crippen LogP contribution in [0.1, 0.15) is 26.3 Å². The third kappa shape index (κ3) is 3.34. The SMILES string of the molecule is CN(C)c1ccc(C(=O)c2ccccc2C(=O)O)c(N(C)C)c1. The number of anilines is 2. The van der Waals surface area contributed by atoms with Gasteiger partial charge in [0, 0.05) is 50.7 Å². The zero-order valence-electron chi connectivity index (χ0n) is 13.7. The molecule has 2 aromatic rings. The number of ketones is 1. The molecule has 0 aromatic heterocycles. The van der Waals surface area contributed by atoms with E-state index in [9.17, 15) is 14.7 Å². The Morgan fingerprint density at radius 3 is 1.96 bits per heavy atom.